The summed E-state index contributed by atoms with van der Waals surface area (Å²) in [6.07, 6.45) is 8.75. The van der Waals surface area contributed by atoms with Gasteiger partial charge < -0.3 is 10.2 Å². The molecule has 0 aromatic heterocycles. The fourth-order valence-electron chi connectivity index (χ4n) is 5.01. The zero-order valence-corrected chi connectivity index (χ0v) is 16.0. The van der Waals surface area contributed by atoms with E-state index in [9.17, 15) is 13.2 Å². The van der Waals surface area contributed by atoms with E-state index in [2.05, 4.69) is 5.32 Å². The van der Waals surface area contributed by atoms with E-state index in [0.717, 1.165) is 25.7 Å². The molecular formula is C20H28N2O3S. The van der Waals surface area contributed by atoms with Crippen molar-refractivity contribution in [3.63, 3.8) is 0 Å². The Morgan fingerprint density at radius 2 is 1.54 bits per heavy atom. The van der Waals surface area contributed by atoms with Gasteiger partial charge in [0.15, 0.2) is 9.84 Å². The van der Waals surface area contributed by atoms with Gasteiger partial charge in [0.05, 0.1) is 10.1 Å². The zero-order chi connectivity index (χ0) is 18.1. The van der Waals surface area contributed by atoms with Crippen molar-refractivity contribution in [2.45, 2.75) is 86.1 Å². The minimum absolute atomic E-state index is 0.0277. The quantitative estimate of drug-likeness (QED) is 0.878. The molecule has 2 unspecified atom stereocenters. The average Bonchev–Trinajstić information content (AvgIpc) is 2.93. The van der Waals surface area contributed by atoms with Crippen molar-refractivity contribution in [3.05, 3.63) is 30.3 Å². The molecule has 142 valence electrons. The predicted octanol–water partition coefficient (Wildman–Crippen LogP) is 3.50. The summed E-state index contributed by atoms with van der Waals surface area (Å²) in [6.45, 7) is 0. The lowest BCUT2D eigenvalue weighted by molar-refractivity contribution is 0.142. The molecule has 1 aromatic rings. The van der Waals surface area contributed by atoms with E-state index < -0.39 is 9.84 Å². The van der Waals surface area contributed by atoms with Crippen LogP contribution in [0, 0.1) is 0 Å². The number of fused-ring (bicyclic) bond motifs is 2. The highest BCUT2D eigenvalue weighted by atomic mass is 32.2. The Morgan fingerprint density at radius 1 is 0.923 bits per heavy atom. The molecule has 5 nitrogen and oxygen atoms in total. The lowest BCUT2D eigenvalue weighted by Crippen LogP contribution is -2.55. The molecule has 2 heterocycles. The number of urea groups is 1. The van der Waals surface area contributed by atoms with E-state index in [1.807, 2.05) is 11.0 Å². The van der Waals surface area contributed by atoms with Crippen LogP contribution >= 0.6 is 0 Å². The van der Waals surface area contributed by atoms with Crippen molar-refractivity contribution < 1.29 is 13.2 Å². The van der Waals surface area contributed by atoms with Crippen LogP contribution in [0.4, 0.5) is 4.79 Å². The summed E-state index contributed by atoms with van der Waals surface area (Å²) in [6, 6.07) is 9.17. The molecule has 1 aliphatic carbocycles. The van der Waals surface area contributed by atoms with E-state index in [1.54, 1.807) is 24.3 Å². The number of benzene rings is 1. The fourth-order valence-corrected chi connectivity index (χ4v) is 6.88. The number of sulfone groups is 1. The van der Waals surface area contributed by atoms with Gasteiger partial charge in [-0.25, -0.2) is 13.2 Å². The maximum atomic E-state index is 13.0. The summed E-state index contributed by atoms with van der Waals surface area (Å²) in [7, 11) is -3.32. The van der Waals surface area contributed by atoms with Crippen molar-refractivity contribution >= 4 is 15.9 Å². The van der Waals surface area contributed by atoms with Gasteiger partial charge in [-0.2, -0.15) is 0 Å². The fraction of sp³-hybridized carbons (Fsp3) is 0.650. The SMILES string of the molecule is O=C(NC1CCCCC1)N1C2CCC1CC(S(=O)(=O)c1ccccc1)C2. The Hall–Kier alpha value is -1.56. The van der Waals surface area contributed by atoms with Gasteiger partial charge in [0.2, 0.25) is 0 Å². The molecule has 3 fully saturated rings. The van der Waals surface area contributed by atoms with Crippen LogP contribution in [0.3, 0.4) is 0 Å². The first kappa shape index (κ1) is 17.8. The Labute approximate surface area is 156 Å². The van der Waals surface area contributed by atoms with Gasteiger partial charge in [0.25, 0.3) is 0 Å². The van der Waals surface area contributed by atoms with Crippen molar-refractivity contribution in [3.8, 4) is 0 Å². The Bertz CT molecular complexity index is 730. The molecule has 2 amide bonds. The normalized spacial score (nSPS) is 29.5. The number of carbonyl (C=O) groups excluding carboxylic acids is 1. The third-order valence-corrected chi connectivity index (χ3v) is 8.56. The van der Waals surface area contributed by atoms with Gasteiger partial charge >= 0.3 is 6.03 Å². The topological polar surface area (TPSA) is 66.5 Å². The number of rotatable bonds is 3. The first-order valence-electron chi connectivity index (χ1n) is 9.93. The molecular weight excluding hydrogens is 348 g/mol. The molecule has 4 rings (SSSR count). The Balaban J connectivity index is 1.45. The van der Waals surface area contributed by atoms with Crippen LogP contribution in [0.5, 0.6) is 0 Å². The van der Waals surface area contributed by atoms with Gasteiger partial charge in [0.1, 0.15) is 0 Å². The van der Waals surface area contributed by atoms with E-state index in [4.69, 9.17) is 0 Å². The maximum absolute atomic E-state index is 13.0. The van der Waals surface area contributed by atoms with E-state index in [0.29, 0.717) is 23.8 Å². The second-order valence-electron chi connectivity index (χ2n) is 8.03. The molecule has 2 bridgehead atoms. The molecule has 3 aliphatic rings. The molecule has 6 heteroatoms. The standard InChI is InChI=1S/C20H28N2O3S/c23-20(21-15-7-3-1-4-8-15)22-16-11-12-17(22)14-19(13-16)26(24,25)18-9-5-2-6-10-18/h2,5-6,9-10,15-17,19H,1,3-4,7-8,11-14H2,(H,21,23). The lowest BCUT2D eigenvalue weighted by Gasteiger charge is -2.39. The van der Waals surface area contributed by atoms with Crippen LogP contribution in [0.2, 0.25) is 0 Å². The minimum Gasteiger partial charge on any atom is -0.335 e. The van der Waals surface area contributed by atoms with Crippen molar-refractivity contribution in [1.29, 1.82) is 0 Å². The molecule has 2 saturated heterocycles. The highest BCUT2D eigenvalue weighted by Gasteiger charge is 2.47. The summed E-state index contributed by atoms with van der Waals surface area (Å²) in [4.78, 5) is 15.2. The van der Waals surface area contributed by atoms with Gasteiger partial charge in [-0.05, 0) is 50.7 Å². The van der Waals surface area contributed by atoms with Crippen LogP contribution in [0.1, 0.15) is 57.8 Å². The van der Waals surface area contributed by atoms with Gasteiger partial charge in [-0.1, -0.05) is 37.5 Å². The monoisotopic (exact) mass is 376 g/mol. The number of carbonyl (C=O) groups is 1. The van der Waals surface area contributed by atoms with Crippen LogP contribution in [-0.2, 0) is 9.84 Å². The highest BCUT2D eigenvalue weighted by molar-refractivity contribution is 7.92. The molecule has 1 saturated carbocycles. The number of piperidine rings is 1. The molecule has 0 spiro atoms. The number of hydrogen-bond acceptors (Lipinski definition) is 3. The molecule has 26 heavy (non-hydrogen) atoms. The molecule has 1 N–H and O–H groups in total. The van der Waals surface area contributed by atoms with Crippen molar-refractivity contribution in [1.82, 2.24) is 10.2 Å². The summed E-state index contributed by atoms with van der Waals surface area (Å²) in [5.74, 6) is 0. The minimum atomic E-state index is -3.32. The number of amides is 2. The van der Waals surface area contributed by atoms with Gasteiger partial charge in [-0.15, -0.1) is 0 Å². The first-order chi connectivity index (χ1) is 12.6. The van der Waals surface area contributed by atoms with E-state index >= 15 is 0 Å². The third kappa shape index (κ3) is 3.36. The summed E-state index contributed by atoms with van der Waals surface area (Å²) >= 11 is 0. The third-order valence-electron chi connectivity index (χ3n) is 6.37. The van der Waals surface area contributed by atoms with Crippen LogP contribution in [0.25, 0.3) is 0 Å². The second kappa shape index (κ2) is 7.22. The van der Waals surface area contributed by atoms with Gasteiger partial charge in [-0.3, -0.25) is 0 Å². The predicted molar refractivity (Wildman–Crippen MR) is 101 cm³/mol. The average molecular weight is 377 g/mol. The molecule has 0 radical (unpaired) electrons. The lowest BCUT2D eigenvalue weighted by atomic mass is 9.95. The van der Waals surface area contributed by atoms with Gasteiger partial charge in [0, 0.05) is 18.1 Å². The summed E-state index contributed by atoms with van der Waals surface area (Å²) in [5, 5.41) is 2.84. The number of nitrogens with zero attached hydrogens (tertiary/aromatic N) is 1. The van der Waals surface area contributed by atoms with Crippen LogP contribution < -0.4 is 5.32 Å². The Morgan fingerprint density at radius 3 is 2.15 bits per heavy atom. The van der Waals surface area contributed by atoms with Crippen molar-refractivity contribution in [2.75, 3.05) is 0 Å². The summed E-state index contributed by atoms with van der Waals surface area (Å²) < 4.78 is 26.0. The smallest absolute Gasteiger partial charge is 0.318 e. The largest absolute Gasteiger partial charge is 0.335 e. The second-order valence-corrected chi connectivity index (χ2v) is 10.3. The molecule has 1 aromatic carbocycles. The van der Waals surface area contributed by atoms with Crippen LogP contribution in [0.15, 0.2) is 35.2 Å². The molecule has 2 aliphatic heterocycles. The maximum Gasteiger partial charge on any atom is 0.318 e. The Kier molecular flexibility index (Phi) is 4.95. The first-order valence-corrected chi connectivity index (χ1v) is 11.5. The van der Waals surface area contributed by atoms with E-state index in [1.165, 1.54) is 19.3 Å². The number of nitrogens with one attached hydrogen (secondary N) is 1. The van der Waals surface area contributed by atoms with Crippen LogP contribution in [-0.4, -0.2) is 42.7 Å². The number of hydrogen-bond donors (Lipinski definition) is 1. The highest BCUT2D eigenvalue weighted by Crippen LogP contribution is 2.40. The zero-order valence-electron chi connectivity index (χ0n) is 15.1. The molecule has 2 atom stereocenters. The summed E-state index contributed by atoms with van der Waals surface area (Å²) in [5.41, 5.74) is 0. The van der Waals surface area contributed by atoms with Crippen molar-refractivity contribution in [2.24, 2.45) is 0 Å². The van der Waals surface area contributed by atoms with E-state index in [-0.39, 0.29) is 23.4 Å².